The van der Waals surface area contributed by atoms with E-state index in [9.17, 15) is 14.4 Å². The number of fused-ring (bicyclic) bond motifs is 2. The number of oxazole rings is 1. The minimum Gasteiger partial charge on any atom is -0.408 e. The fraction of sp³-hybridized carbons (Fsp3) is 0.238. The first-order valence-electron chi connectivity index (χ1n) is 9.41. The van der Waals surface area contributed by atoms with Crippen LogP contribution in [0.2, 0.25) is 0 Å². The van der Waals surface area contributed by atoms with Gasteiger partial charge in [0, 0.05) is 12.5 Å². The van der Waals surface area contributed by atoms with Crippen LogP contribution in [-0.2, 0) is 29.2 Å². The third-order valence-electron chi connectivity index (χ3n) is 4.78. The van der Waals surface area contributed by atoms with Crippen LogP contribution in [-0.4, -0.2) is 34.0 Å². The van der Waals surface area contributed by atoms with Gasteiger partial charge in [0.1, 0.15) is 6.54 Å². The van der Waals surface area contributed by atoms with E-state index in [1.54, 1.807) is 49.6 Å². The van der Waals surface area contributed by atoms with E-state index in [1.165, 1.54) is 9.25 Å². The zero-order chi connectivity index (χ0) is 21.1. The minimum absolute atomic E-state index is 0.108. The summed E-state index contributed by atoms with van der Waals surface area (Å²) in [5.74, 6) is -0.966. The van der Waals surface area contributed by atoms with Gasteiger partial charge < -0.3 is 14.5 Å². The number of amides is 1. The van der Waals surface area contributed by atoms with Gasteiger partial charge in [0.05, 0.1) is 36.3 Å². The fourth-order valence-electron chi connectivity index (χ4n) is 3.31. The van der Waals surface area contributed by atoms with Gasteiger partial charge in [-0.3, -0.25) is 14.2 Å². The highest BCUT2D eigenvalue weighted by molar-refractivity contribution is 5.84. The standard InChI is InChI=1S/C21H20N4O5/c1-29-11-10-25-20(27)15-7-3-2-6-14(15)16(23-25)12-22-19(26)13-24-17-8-4-5-9-18(17)30-21(24)28/h2-9H,10-13H2,1H3,(H,22,26). The van der Waals surface area contributed by atoms with Crippen molar-refractivity contribution in [3.63, 3.8) is 0 Å². The van der Waals surface area contributed by atoms with Crippen LogP contribution >= 0.6 is 0 Å². The molecule has 0 saturated heterocycles. The number of ether oxygens (including phenoxy) is 1. The summed E-state index contributed by atoms with van der Waals surface area (Å²) in [5.41, 5.74) is 1.32. The number of hydrogen-bond donors (Lipinski definition) is 1. The van der Waals surface area contributed by atoms with E-state index >= 15 is 0 Å². The smallest absolute Gasteiger partial charge is 0.408 e. The van der Waals surface area contributed by atoms with Crippen molar-refractivity contribution in [2.24, 2.45) is 0 Å². The summed E-state index contributed by atoms with van der Waals surface area (Å²) in [6.07, 6.45) is 0. The number of hydrogen-bond acceptors (Lipinski definition) is 6. The molecule has 0 unspecified atom stereocenters. The second-order valence-corrected chi connectivity index (χ2v) is 6.71. The lowest BCUT2D eigenvalue weighted by molar-refractivity contribution is -0.121. The number of aromatic nitrogens is 3. The first-order valence-corrected chi connectivity index (χ1v) is 9.41. The number of carbonyl (C=O) groups excluding carboxylic acids is 1. The molecule has 4 aromatic rings. The Hall–Kier alpha value is -3.72. The average Bonchev–Trinajstić information content (AvgIpc) is 3.07. The molecule has 2 aromatic carbocycles. The van der Waals surface area contributed by atoms with Crippen LogP contribution in [0.3, 0.4) is 0 Å². The van der Waals surface area contributed by atoms with Crippen LogP contribution < -0.4 is 16.6 Å². The predicted octanol–water partition coefficient (Wildman–Crippen LogP) is 1.27. The molecule has 30 heavy (non-hydrogen) atoms. The van der Waals surface area contributed by atoms with Crippen molar-refractivity contribution in [2.75, 3.05) is 13.7 Å². The van der Waals surface area contributed by atoms with E-state index in [4.69, 9.17) is 9.15 Å². The Balaban J connectivity index is 1.57. The van der Waals surface area contributed by atoms with Gasteiger partial charge >= 0.3 is 5.76 Å². The Morgan fingerprint density at radius 3 is 2.63 bits per heavy atom. The number of methoxy groups -OCH3 is 1. The van der Waals surface area contributed by atoms with Crippen LogP contribution in [0.15, 0.2) is 62.5 Å². The van der Waals surface area contributed by atoms with E-state index in [0.29, 0.717) is 40.7 Å². The zero-order valence-electron chi connectivity index (χ0n) is 16.3. The molecule has 0 saturated carbocycles. The van der Waals surface area contributed by atoms with E-state index < -0.39 is 5.76 Å². The van der Waals surface area contributed by atoms with Crippen molar-refractivity contribution in [3.8, 4) is 0 Å². The molecule has 0 atom stereocenters. The normalized spacial score (nSPS) is 11.2. The molecule has 1 N–H and O–H groups in total. The molecule has 2 aromatic heterocycles. The lowest BCUT2D eigenvalue weighted by Crippen LogP contribution is -2.32. The molecule has 9 nitrogen and oxygen atoms in total. The maximum Gasteiger partial charge on any atom is 0.420 e. The Bertz CT molecular complexity index is 1330. The van der Waals surface area contributed by atoms with Gasteiger partial charge in [0.2, 0.25) is 5.91 Å². The van der Waals surface area contributed by atoms with E-state index in [0.717, 1.165) is 0 Å². The molecule has 0 aliphatic carbocycles. The largest absolute Gasteiger partial charge is 0.420 e. The van der Waals surface area contributed by atoms with E-state index in [1.807, 2.05) is 6.07 Å². The molecule has 0 fully saturated rings. The third kappa shape index (κ3) is 3.74. The van der Waals surface area contributed by atoms with E-state index in [2.05, 4.69) is 10.4 Å². The van der Waals surface area contributed by atoms with Crippen molar-refractivity contribution < 1.29 is 13.9 Å². The molecular weight excluding hydrogens is 388 g/mol. The second kappa shape index (κ2) is 8.34. The van der Waals surface area contributed by atoms with Crippen LogP contribution in [0, 0.1) is 0 Å². The highest BCUT2D eigenvalue weighted by Gasteiger charge is 2.14. The number of nitrogens with one attached hydrogen (secondary N) is 1. The Kier molecular flexibility index (Phi) is 5.44. The molecule has 1 amide bonds. The lowest BCUT2D eigenvalue weighted by atomic mass is 10.1. The van der Waals surface area contributed by atoms with Crippen molar-refractivity contribution in [1.82, 2.24) is 19.7 Å². The first kappa shape index (κ1) is 19.6. The van der Waals surface area contributed by atoms with Crippen LogP contribution in [0.4, 0.5) is 0 Å². The minimum atomic E-state index is -0.594. The van der Waals surface area contributed by atoms with Gasteiger partial charge in [-0.25, -0.2) is 9.48 Å². The van der Waals surface area contributed by atoms with Crippen molar-refractivity contribution >= 4 is 27.8 Å². The number of rotatable bonds is 7. The maximum absolute atomic E-state index is 12.6. The molecular formula is C21H20N4O5. The molecule has 0 radical (unpaired) electrons. The van der Waals surface area contributed by atoms with Crippen LogP contribution in [0.5, 0.6) is 0 Å². The topological polar surface area (TPSA) is 108 Å². The fourth-order valence-corrected chi connectivity index (χ4v) is 3.31. The molecule has 9 heteroatoms. The molecule has 0 spiro atoms. The third-order valence-corrected chi connectivity index (χ3v) is 4.78. The lowest BCUT2D eigenvalue weighted by Gasteiger charge is -2.12. The van der Waals surface area contributed by atoms with Gasteiger partial charge in [-0.2, -0.15) is 5.10 Å². The van der Waals surface area contributed by atoms with Gasteiger partial charge in [0.25, 0.3) is 5.56 Å². The van der Waals surface area contributed by atoms with Crippen molar-refractivity contribution in [3.05, 3.63) is 75.1 Å². The van der Waals surface area contributed by atoms with Gasteiger partial charge in [-0.05, 0) is 18.2 Å². The van der Waals surface area contributed by atoms with Gasteiger partial charge in [-0.1, -0.05) is 30.3 Å². The summed E-state index contributed by atoms with van der Waals surface area (Å²) in [6, 6.07) is 14.0. The summed E-state index contributed by atoms with van der Waals surface area (Å²) in [4.78, 5) is 37.2. The number of nitrogens with zero attached hydrogens (tertiary/aromatic N) is 3. The predicted molar refractivity (Wildman–Crippen MR) is 110 cm³/mol. The first-order chi connectivity index (χ1) is 14.6. The Morgan fingerprint density at radius 1 is 1.10 bits per heavy atom. The SMILES string of the molecule is COCCn1nc(CNC(=O)Cn2c(=O)oc3ccccc32)c2ccccc2c1=O. The number of carbonyl (C=O) groups is 1. The number of para-hydroxylation sites is 2. The summed E-state index contributed by atoms with van der Waals surface area (Å²) < 4.78 is 12.8. The number of benzene rings is 2. The molecule has 0 bridgehead atoms. The average molecular weight is 408 g/mol. The summed E-state index contributed by atoms with van der Waals surface area (Å²) in [6.45, 7) is 0.569. The van der Waals surface area contributed by atoms with Crippen molar-refractivity contribution in [2.45, 2.75) is 19.6 Å². The zero-order valence-corrected chi connectivity index (χ0v) is 16.3. The quantitative estimate of drug-likeness (QED) is 0.493. The molecule has 154 valence electrons. The molecule has 4 rings (SSSR count). The molecule has 0 aliphatic heterocycles. The molecule has 2 heterocycles. The van der Waals surface area contributed by atoms with Gasteiger partial charge in [-0.15, -0.1) is 0 Å². The monoisotopic (exact) mass is 408 g/mol. The summed E-state index contributed by atoms with van der Waals surface area (Å²) in [7, 11) is 1.55. The Labute approximate surface area is 170 Å². The van der Waals surface area contributed by atoms with Crippen LogP contribution in [0.25, 0.3) is 21.9 Å². The van der Waals surface area contributed by atoms with E-state index in [-0.39, 0.29) is 24.6 Å². The highest BCUT2D eigenvalue weighted by Crippen LogP contribution is 2.14. The second-order valence-electron chi connectivity index (χ2n) is 6.71. The van der Waals surface area contributed by atoms with Crippen LogP contribution in [0.1, 0.15) is 5.69 Å². The molecule has 0 aliphatic rings. The van der Waals surface area contributed by atoms with Crippen molar-refractivity contribution in [1.29, 1.82) is 0 Å². The summed E-state index contributed by atoms with van der Waals surface area (Å²) in [5, 5.41) is 8.36. The summed E-state index contributed by atoms with van der Waals surface area (Å²) >= 11 is 0. The Morgan fingerprint density at radius 2 is 1.83 bits per heavy atom. The highest BCUT2D eigenvalue weighted by atomic mass is 16.5. The van der Waals surface area contributed by atoms with Gasteiger partial charge in [0.15, 0.2) is 5.58 Å². The maximum atomic E-state index is 12.6.